The number of benzene rings is 1. The summed E-state index contributed by atoms with van der Waals surface area (Å²) in [6.07, 6.45) is 2.76. The number of fused-ring (bicyclic) bond motifs is 1. The first-order chi connectivity index (χ1) is 11.0. The lowest BCUT2D eigenvalue weighted by atomic mass is 10.1. The minimum Gasteiger partial charge on any atom is -0.356 e. The van der Waals surface area contributed by atoms with E-state index in [9.17, 15) is 12.8 Å². The van der Waals surface area contributed by atoms with E-state index in [1.54, 1.807) is 19.1 Å². The number of hydrogen-bond donors (Lipinski definition) is 1. The predicted molar refractivity (Wildman–Crippen MR) is 87.3 cm³/mol. The summed E-state index contributed by atoms with van der Waals surface area (Å²) in [4.78, 5) is 10.4. The van der Waals surface area contributed by atoms with E-state index in [0.29, 0.717) is 42.7 Å². The first-order valence-corrected chi connectivity index (χ1v) is 9.29. The number of para-hydroxylation sites is 1. The van der Waals surface area contributed by atoms with Gasteiger partial charge in [0.15, 0.2) is 0 Å². The van der Waals surface area contributed by atoms with Crippen LogP contribution in [0.15, 0.2) is 24.5 Å². The van der Waals surface area contributed by atoms with Gasteiger partial charge in [-0.05, 0) is 31.9 Å². The molecule has 3 rings (SSSR count). The van der Waals surface area contributed by atoms with Crippen LogP contribution >= 0.6 is 0 Å². The van der Waals surface area contributed by atoms with Crippen LogP contribution in [0.4, 0.5) is 10.2 Å². The highest BCUT2D eigenvalue weighted by atomic mass is 32.2. The first kappa shape index (κ1) is 16.1. The zero-order valence-electron chi connectivity index (χ0n) is 12.9. The second-order valence-corrected chi connectivity index (χ2v) is 7.66. The molecule has 1 aliphatic rings. The van der Waals surface area contributed by atoms with Crippen LogP contribution in [0.25, 0.3) is 10.9 Å². The molecular formula is C15H19FN4O2S. The maximum Gasteiger partial charge on any atom is 0.211 e. The van der Waals surface area contributed by atoms with Gasteiger partial charge in [-0.2, -0.15) is 0 Å². The summed E-state index contributed by atoms with van der Waals surface area (Å²) in [5.74, 6) is 0.422. The zero-order chi connectivity index (χ0) is 16.4. The second kappa shape index (κ2) is 6.37. The largest absolute Gasteiger partial charge is 0.356 e. The maximum atomic E-state index is 13.8. The molecule has 0 bridgehead atoms. The highest BCUT2D eigenvalue weighted by Gasteiger charge is 2.24. The molecule has 1 N–H and O–H groups in total. The van der Waals surface area contributed by atoms with E-state index in [0.717, 1.165) is 0 Å². The molecule has 0 unspecified atom stereocenters. The summed E-state index contributed by atoms with van der Waals surface area (Å²) < 4.78 is 39.8. The minimum absolute atomic E-state index is 0.0546. The third-order valence-electron chi connectivity index (χ3n) is 4.12. The number of anilines is 1. The standard InChI is InChI=1S/C15H19FN4O2S/c1-2-23(21,22)19-11-6-8-20(9-7-11)15-12-4-3-5-13(16)14(12)17-10-18-15/h3-5,10-11,19H,2,6-9H2,1H3. The first-order valence-electron chi connectivity index (χ1n) is 7.64. The summed E-state index contributed by atoms with van der Waals surface area (Å²) in [5, 5.41) is 0.681. The van der Waals surface area contributed by atoms with Crippen molar-refractivity contribution in [3.05, 3.63) is 30.3 Å². The van der Waals surface area contributed by atoms with Crippen LogP contribution in [-0.4, -0.2) is 43.3 Å². The fraction of sp³-hybridized carbons (Fsp3) is 0.467. The molecule has 1 aromatic heterocycles. The Morgan fingerprint density at radius 3 is 2.74 bits per heavy atom. The van der Waals surface area contributed by atoms with Crippen molar-refractivity contribution in [2.24, 2.45) is 0 Å². The van der Waals surface area contributed by atoms with Crippen molar-refractivity contribution < 1.29 is 12.8 Å². The Hall–Kier alpha value is -1.80. The number of aromatic nitrogens is 2. The van der Waals surface area contributed by atoms with Gasteiger partial charge in [0.1, 0.15) is 23.5 Å². The second-order valence-electron chi connectivity index (χ2n) is 5.62. The molecule has 8 heteroatoms. The molecule has 0 spiro atoms. The summed E-state index contributed by atoms with van der Waals surface area (Å²) in [6.45, 7) is 2.96. The maximum absolute atomic E-state index is 13.8. The van der Waals surface area contributed by atoms with E-state index in [2.05, 4.69) is 19.6 Å². The summed E-state index contributed by atoms with van der Waals surface area (Å²) in [6, 6.07) is 4.78. The quantitative estimate of drug-likeness (QED) is 0.918. The Balaban J connectivity index is 1.77. The minimum atomic E-state index is -3.19. The Kier molecular flexibility index (Phi) is 4.45. The van der Waals surface area contributed by atoms with Gasteiger partial charge in [0, 0.05) is 24.5 Å². The Bertz CT molecular complexity index is 804. The van der Waals surface area contributed by atoms with Gasteiger partial charge >= 0.3 is 0 Å². The number of nitrogens with one attached hydrogen (secondary N) is 1. The van der Waals surface area contributed by atoms with E-state index in [-0.39, 0.29) is 17.6 Å². The van der Waals surface area contributed by atoms with Crippen LogP contribution in [0.5, 0.6) is 0 Å². The van der Waals surface area contributed by atoms with E-state index < -0.39 is 10.0 Å². The lowest BCUT2D eigenvalue weighted by Gasteiger charge is -2.33. The molecule has 1 aromatic carbocycles. The fourth-order valence-corrected chi connectivity index (χ4v) is 3.75. The monoisotopic (exact) mass is 338 g/mol. The summed E-state index contributed by atoms with van der Waals surface area (Å²) in [5.41, 5.74) is 0.311. The molecule has 2 aromatic rings. The lowest BCUT2D eigenvalue weighted by molar-refractivity contribution is 0.459. The normalized spacial score (nSPS) is 16.9. The summed E-state index contributed by atoms with van der Waals surface area (Å²) >= 11 is 0. The molecule has 23 heavy (non-hydrogen) atoms. The van der Waals surface area contributed by atoms with Crippen molar-refractivity contribution in [1.82, 2.24) is 14.7 Å². The van der Waals surface area contributed by atoms with Crippen molar-refractivity contribution in [3.8, 4) is 0 Å². The van der Waals surface area contributed by atoms with Crippen LogP contribution in [0.3, 0.4) is 0 Å². The third-order valence-corrected chi connectivity index (χ3v) is 5.57. The van der Waals surface area contributed by atoms with Crippen molar-refractivity contribution in [1.29, 1.82) is 0 Å². The molecule has 124 valence electrons. The average Bonchev–Trinajstić information content (AvgIpc) is 2.55. The highest BCUT2D eigenvalue weighted by molar-refractivity contribution is 7.89. The highest BCUT2D eigenvalue weighted by Crippen LogP contribution is 2.26. The van der Waals surface area contributed by atoms with Gasteiger partial charge in [-0.25, -0.2) is 27.5 Å². The Morgan fingerprint density at radius 1 is 1.30 bits per heavy atom. The predicted octanol–water partition coefficient (Wildman–Crippen LogP) is 1.68. The molecule has 0 radical (unpaired) electrons. The van der Waals surface area contributed by atoms with Gasteiger partial charge in [-0.1, -0.05) is 6.07 Å². The smallest absolute Gasteiger partial charge is 0.211 e. The van der Waals surface area contributed by atoms with Crippen molar-refractivity contribution in [2.45, 2.75) is 25.8 Å². The molecule has 1 saturated heterocycles. The lowest BCUT2D eigenvalue weighted by Crippen LogP contribution is -2.45. The van der Waals surface area contributed by atoms with Crippen molar-refractivity contribution >= 4 is 26.7 Å². The van der Waals surface area contributed by atoms with Crippen LogP contribution < -0.4 is 9.62 Å². The van der Waals surface area contributed by atoms with Gasteiger partial charge in [0.2, 0.25) is 10.0 Å². The van der Waals surface area contributed by atoms with Gasteiger partial charge in [0.05, 0.1) is 5.75 Å². The number of nitrogens with zero attached hydrogens (tertiary/aromatic N) is 3. The molecule has 2 heterocycles. The number of halogens is 1. The SMILES string of the molecule is CCS(=O)(=O)NC1CCN(c2ncnc3c(F)cccc23)CC1. The van der Waals surface area contributed by atoms with Gasteiger partial charge in [0.25, 0.3) is 0 Å². The van der Waals surface area contributed by atoms with Gasteiger partial charge < -0.3 is 4.90 Å². The molecular weight excluding hydrogens is 319 g/mol. The number of sulfonamides is 1. The van der Waals surface area contributed by atoms with Crippen LogP contribution in [0.1, 0.15) is 19.8 Å². The zero-order valence-corrected chi connectivity index (χ0v) is 13.7. The molecule has 0 atom stereocenters. The van der Waals surface area contributed by atoms with Crippen LogP contribution in [-0.2, 0) is 10.0 Å². The number of piperidine rings is 1. The molecule has 1 aliphatic heterocycles. The fourth-order valence-electron chi connectivity index (χ4n) is 2.84. The summed E-state index contributed by atoms with van der Waals surface area (Å²) in [7, 11) is -3.19. The van der Waals surface area contributed by atoms with E-state index in [4.69, 9.17) is 0 Å². The van der Waals surface area contributed by atoms with Crippen LogP contribution in [0.2, 0.25) is 0 Å². The number of rotatable bonds is 4. The topological polar surface area (TPSA) is 75.2 Å². The molecule has 0 amide bonds. The molecule has 0 saturated carbocycles. The third kappa shape index (κ3) is 3.42. The Morgan fingerprint density at radius 2 is 2.04 bits per heavy atom. The van der Waals surface area contributed by atoms with Crippen molar-refractivity contribution in [3.63, 3.8) is 0 Å². The van der Waals surface area contributed by atoms with E-state index in [1.807, 2.05) is 0 Å². The average molecular weight is 338 g/mol. The number of hydrogen-bond acceptors (Lipinski definition) is 5. The molecule has 6 nitrogen and oxygen atoms in total. The van der Waals surface area contributed by atoms with Gasteiger partial charge in [-0.3, -0.25) is 0 Å². The Labute approximate surface area is 134 Å². The van der Waals surface area contributed by atoms with E-state index in [1.165, 1.54) is 12.4 Å². The molecule has 1 fully saturated rings. The van der Waals surface area contributed by atoms with Crippen LogP contribution in [0, 0.1) is 5.82 Å². The van der Waals surface area contributed by atoms with Crippen molar-refractivity contribution in [2.75, 3.05) is 23.7 Å². The molecule has 0 aliphatic carbocycles. The van der Waals surface area contributed by atoms with E-state index >= 15 is 0 Å². The van der Waals surface area contributed by atoms with Gasteiger partial charge in [-0.15, -0.1) is 0 Å².